The fourth-order valence-corrected chi connectivity index (χ4v) is 7.41. The lowest BCUT2D eigenvalue weighted by molar-refractivity contribution is -0.173. The van der Waals surface area contributed by atoms with Crippen LogP contribution in [0.3, 0.4) is 0 Å². The zero-order chi connectivity index (χ0) is 20.2. The molecule has 158 valence electrons. The molecule has 0 saturated heterocycles. The number of aliphatic carboxylic acids is 1. The number of hydrogen-bond donors (Lipinski definition) is 2. The number of hydrogen-bond acceptors (Lipinski definition) is 4. The molecule has 5 aliphatic carbocycles. The van der Waals surface area contributed by atoms with Gasteiger partial charge in [0.15, 0.2) is 0 Å². The topological polar surface area (TPSA) is 84.2 Å². The lowest BCUT2D eigenvalue weighted by Gasteiger charge is -2.60. The third-order valence-corrected chi connectivity index (χ3v) is 8.43. The molecule has 0 spiro atoms. The lowest BCUT2D eigenvalue weighted by Crippen LogP contribution is -2.61. The van der Waals surface area contributed by atoms with Gasteiger partial charge in [0.1, 0.15) is 5.02 Å². The molecule has 29 heavy (non-hydrogen) atoms. The highest BCUT2D eigenvalue weighted by Gasteiger charge is 2.62. The zero-order valence-electron chi connectivity index (χ0n) is 16.8. The SMILES string of the molecule is O=C(O)C12C[C@H]3C[C@@H](C1)CC(n1ncc(NC4CCCCCC4)c(Cl)c1=O)(C3)C2. The van der Waals surface area contributed by atoms with Crippen molar-refractivity contribution in [3.8, 4) is 0 Å². The molecule has 2 N–H and O–H groups in total. The van der Waals surface area contributed by atoms with Gasteiger partial charge in [0.2, 0.25) is 0 Å². The standard InChI is InChI=1S/C22H30ClN3O3/c23-18-17(25-16-5-3-1-2-4-6-16)12-24-26(19(18)27)22-10-14-7-15(11-22)9-21(8-14,13-22)20(28)29/h12,14-16,25H,1-11,13H2,(H,28,29)/t14-,15+,21?,22?. The van der Waals surface area contributed by atoms with Crippen LogP contribution in [-0.4, -0.2) is 26.9 Å². The van der Waals surface area contributed by atoms with Crippen molar-refractivity contribution in [2.45, 2.75) is 88.6 Å². The third kappa shape index (κ3) is 3.18. The van der Waals surface area contributed by atoms with Crippen LogP contribution in [0.15, 0.2) is 11.0 Å². The summed E-state index contributed by atoms with van der Waals surface area (Å²) < 4.78 is 1.56. The van der Waals surface area contributed by atoms with Gasteiger partial charge in [-0.25, -0.2) is 4.68 Å². The Balaban J connectivity index is 1.46. The maximum atomic E-state index is 13.3. The molecule has 5 fully saturated rings. The largest absolute Gasteiger partial charge is 0.481 e. The van der Waals surface area contributed by atoms with Gasteiger partial charge in [-0.1, -0.05) is 37.3 Å². The first kappa shape index (κ1) is 19.4. The highest BCUT2D eigenvalue weighted by molar-refractivity contribution is 6.32. The van der Waals surface area contributed by atoms with Gasteiger partial charge in [-0.05, 0) is 63.2 Å². The number of anilines is 1. The Hall–Kier alpha value is -1.56. The molecule has 6 rings (SSSR count). The van der Waals surface area contributed by atoms with E-state index in [1.54, 1.807) is 10.9 Å². The van der Waals surface area contributed by atoms with Gasteiger partial charge in [0.05, 0.1) is 22.8 Å². The summed E-state index contributed by atoms with van der Waals surface area (Å²) in [6.07, 6.45) is 13.6. The van der Waals surface area contributed by atoms with E-state index in [1.807, 2.05) is 0 Å². The molecule has 5 saturated carbocycles. The number of aromatic nitrogens is 2. The van der Waals surface area contributed by atoms with Crippen molar-refractivity contribution in [2.75, 3.05) is 5.32 Å². The summed E-state index contributed by atoms with van der Waals surface area (Å²) in [5.74, 6) is 0.0222. The van der Waals surface area contributed by atoms with Crippen LogP contribution in [0.1, 0.15) is 77.0 Å². The molecule has 1 aromatic heterocycles. The number of rotatable bonds is 4. The van der Waals surface area contributed by atoms with Crippen LogP contribution in [0, 0.1) is 17.3 Å². The molecule has 2 unspecified atom stereocenters. The maximum absolute atomic E-state index is 13.3. The monoisotopic (exact) mass is 419 g/mol. The Morgan fingerprint density at radius 3 is 2.41 bits per heavy atom. The second kappa shape index (κ2) is 7.00. The Labute approximate surface area is 176 Å². The molecule has 0 aliphatic heterocycles. The number of nitrogens with one attached hydrogen (secondary N) is 1. The van der Waals surface area contributed by atoms with Crippen molar-refractivity contribution in [1.82, 2.24) is 9.78 Å². The summed E-state index contributed by atoms with van der Waals surface area (Å²) in [4.78, 5) is 25.4. The van der Waals surface area contributed by atoms with E-state index in [4.69, 9.17) is 11.6 Å². The van der Waals surface area contributed by atoms with E-state index in [2.05, 4.69) is 10.4 Å². The number of nitrogens with zero attached hydrogens (tertiary/aromatic N) is 2. The van der Waals surface area contributed by atoms with E-state index in [-0.39, 0.29) is 10.6 Å². The first-order chi connectivity index (χ1) is 13.9. The predicted molar refractivity (Wildman–Crippen MR) is 111 cm³/mol. The number of carbonyl (C=O) groups is 1. The molecule has 0 amide bonds. The summed E-state index contributed by atoms with van der Waals surface area (Å²) >= 11 is 6.54. The highest BCUT2D eigenvalue weighted by Crippen LogP contribution is 2.63. The van der Waals surface area contributed by atoms with Crippen molar-refractivity contribution in [1.29, 1.82) is 0 Å². The first-order valence-corrected chi connectivity index (χ1v) is 11.6. The molecule has 7 heteroatoms. The second-order valence-corrected chi connectivity index (χ2v) is 10.6. The van der Waals surface area contributed by atoms with Crippen LogP contribution >= 0.6 is 11.6 Å². The van der Waals surface area contributed by atoms with Gasteiger partial charge in [0, 0.05) is 6.04 Å². The molecule has 0 radical (unpaired) electrons. The molecule has 4 atom stereocenters. The Bertz CT molecular complexity index is 861. The van der Waals surface area contributed by atoms with Crippen LogP contribution in [0.4, 0.5) is 5.69 Å². The average Bonchev–Trinajstić information content (AvgIpc) is 2.93. The van der Waals surface area contributed by atoms with Crippen molar-refractivity contribution < 1.29 is 9.90 Å². The van der Waals surface area contributed by atoms with Gasteiger partial charge in [-0.15, -0.1) is 0 Å². The quantitative estimate of drug-likeness (QED) is 0.706. The summed E-state index contributed by atoms with van der Waals surface area (Å²) in [5.41, 5.74) is -0.843. The minimum absolute atomic E-state index is 0.198. The fraction of sp³-hybridized carbons (Fsp3) is 0.773. The van der Waals surface area contributed by atoms with E-state index in [9.17, 15) is 14.7 Å². The highest BCUT2D eigenvalue weighted by atomic mass is 35.5. The van der Waals surface area contributed by atoms with Gasteiger partial charge >= 0.3 is 5.97 Å². The van der Waals surface area contributed by atoms with Crippen LogP contribution in [0.25, 0.3) is 0 Å². The predicted octanol–water partition coefficient (Wildman–Crippen LogP) is 4.41. The fourth-order valence-electron chi connectivity index (χ4n) is 7.23. The van der Waals surface area contributed by atoms with E-state index in [0.29, 0.717) is 30.0 Å². The van der Waals surface area contributed by atoms with Crippen molar-refractivity contribution in [3.63, 3.8) is 0 Å². The van der Waals surface area contributed by atoms with Crippen LogP contribution in [-0.2, 0) is 10.3 Å². The molecule has 1 aromatic rings. The van der Waals surface area contributed by atoms with E-state index < -0.39 is 16.9 Å². The number of carboxylic acids is 1. The molecule has 6 nitrogen and oxygen atoms in total. The lowest BCUT2D eigenvalue weighted by atomic mass is 9.47. The summed E-state index contributed by atoms with van der Waals surface area (Å²) in [7, 11) is 0. The molecule has 4 bridgehead atoms. The second-order valence-electron chi connectivity index (χ2n) is 10.2. The molecule has 0 aromatic carbocycles. The van der Waals surface area contributed by atoms with Gasteiger partial charge in [-0.2, -0.15) is 5.10 Å². The Morgan fingerprint density at radius 2 is 1.79 bits per heavy atom. The van der Waals surface area contributed by atoms with Crippen LogP contribution < -0.4 is 10.9 Å². The van der Waals surface area contributed by atoms with E-state index in [0.717, 1.165) is 44.9 Å². The van der Waals surface area contributed by atoms with Crippen molar-refractivity contribution in [2.24, 2.45) is 17.3 Å². The molecular weight excluding hydrogens is 390 g/mol. The van der Waals surface area contributed by atoms with Gasteiger partial charge in [-0.3, -0.25) is 9.59 Å². The molecular formula is C22H30ClN3O3. The number of halogens is 1. The maximum Gasteiger partial charge on any atom is 0.309 e. The minimum Gasteiger partial charge on any atom is -0.481 e. The Kier molecular flexibility index (Phi) is 4.68. The minimum atomic E-state index is -0.707. The molecule has 1 heterocycles. The van der Waals surface area contributed by atoms with E-state index >= 15 is 0 Å². The Morgan fingerprint density at radius 1 is 1.14 bits per heavy atom. The van der Waals surface area contributed by atoms with Crippen molar-refractivity contribution >= 4 is 23.3 Å². The molecule has 5 aliphatic rings. The normalized spacial score (nSPS) is 36.7. The smallest absolute Gasteiger partial charge is 0.309 e. The van der Waals surface area contributed by atoms with E-state index in [1.165, 1.54) is 25.7 Å². The third-order valence-electron chi connectivity index (χ3n) is 8.07. The van der Waals surface area contributed by atoms with Gasteiger partial charge in [0.25, 0.3) is 5.56 Å². The first-order valence-electron chi connectivity index (χ1n) is 11.2. The van der Waals surface area contributed by atoms with Crippen LogP contribution in [0.5, 0.6) is 0 Å². The van der Waals surface area contributed by atoms with Crippen LogP contribution in [0.2, 0.25) is 5.02 Å². The van der Waals surface area contributed by atoms with Gasteiger partial charge < -0.3 is 10.4 Å². The summed E-state index contributed by atoms with van der Waals surface area (Å²) in [6.45, 7) is 0. The summed E-state index contributed by atoms with van der Waals surface area (Å²) in [5, 5.41) is 18.2. The van der Waals surface area contributed by atoms with Crippen molar-refractivity contribution in [3.05, 3.63) is 21.6 Å². The summed E-state index contributed by atoms with van der Waals surface area (Å²) in [6, 6.07) is 0.335. The number of carboxylic acid groups (broad SMARTS) is 1. The average molecular weight is 420 g/mol. The zero-order valence-corrected chi connectivity index (χ0v) is 17.6.